The van der Waals surface area contributed by atoms with E-state index in [-0.39, 0.29) is 0 Å². The van der Waals surface area contributed by atoms with Crippen molar-refractivity contribution >= 4 is 39.0 Å². The van der Waals surface area contributed by atoms with Gasteiger partial charge in [0.25, 0.3) is 0 Å². The first-order valence-electron chi connectivity index (χ1n) is 10.3. The number of anilines is 1. The molecule has 0 fully saturated rings. The van der Waals surface area contributed by atoms with E-state index in [2.05, 4.69) is 69.5 Å². The number of aryl methyl sites for hydroxylation is 2. The van der Waals surface area contributed by atoms with Crippen molar-refractivity contribution in [2.75, 3.05) is 19.5 Å². The number of rotatable bonds is 6. The Labute approximate surface area is 190 Å². The van der Waals surface area contributed by atoms with Gasteiger partial charge in [-0.25, -0.2) is 9.97 Å². The van der Waals surface area contributed by atoms with E-state index in [0.29, 0.717) is 23.9 Å². The van der Waals surface area contributed by atoms with Crippen molar-refractivity contribution in [3.05, 3.63) is 65.4 Å². The molecule has 2 aromatic carbocycles. The van der Waals surface area contributed by atoms with Crippen LogP contribution >= 0.6 is 11.3 Å². The standard InChI is InChI=1S/C25H24N4O2S/c1-15-27-20-13-23(31-4)22(30-3)12-19(20)25(28-15)26-14-18-6-8-24(32-18)17-5-7-21-16(11-17)9-10-29(21)2/h5-13H,14H2,1-4H3,(H,26,27,28). The second-order valence-corrected chi connectivity index (χ2v) is 8.83. The van der Waals surface area contributed by atoms with Crippen LogP contribution < -0.4 is 14.8 Å². The number of aromatic nitrogens is 3. The smallest absolute Gasteiger partial charge is 0.162 e. The highest BCUT2D eigenvalue weighted by Gasteiger charge is 2.13. The number of nitrogens with one attached hydrogen (secondary N) is 1. The number of ether oxygens (including phenoxy) is 2. The molecule has 0 atom stereocenters. The fourth-order valence-corrected chi connectivity index (χ4v) is 4.88. The molecule has 0 spiro atoms. The van der Waals surface area contributed by atoms with Crippen molar-refractivity contribution in [1.82, 2.24) is 14.5 Å². The summed E-state index contributed by atoms with van der Waals surface area (Å²) in [7, 11) is 5.33. The molecule has 0 aliphatic rings. The van der Waals surface area contributed by atoms with Crippen LogP contribution in [0.3, 0.4) is 0 Å². The fourth-order valence-electron chi connectivity index (χ4n) is 3.94. The third kappa shape index (κ3) is 3.65. The first kappa shape index (κ1) is 20.3. The summed E-state index contributed by atoms with van der Waals surface area (Å²) < 4.78 is 13.0. The SMILES string of the molecule is COc1cc2nc(C)nc(NCc3ccc(-c4ccc5c(ccn5C)c4)s3)c2cc1OC. The minimum atomic E-state index is 0.655. The number of nitrogens with zero attached hydrogens (tertiary/aromatic N) is 3. The molecule has 0 bridgehead atoms. The van der Waals surface area contributed by atoms with Crippen LogP contribution in [0, 0.1) is 6.92 Å². The second-order valence-electron chi connectivity index (χ2n) is 7.66. The lowest BCUT2D eigenvalue weighted by Gasteiger charge is -2.12. The molecule has 1 N–H and O–H groups in total. The summed E-state index contributed by atoms with van der Waals surface area (Å²) >= 11 is 1.79. The zero-order valence-electron chi connectivity index (χ0n) is 18.5. The molecular weight excluding hydrogens is 420 g/mol. The Morgan fingerprint density at radius 3 is 2.59 bits per heavy atom. The zero-order valence-corrected chi connectivity index (χ0v) is 19.3. The van der Waals surface area contributed by atoms with Crippen molar-refractivity contribution in [2.45, 2.75) is 13.5 Å². The van der Waals surface area contributed by atoms with E-state index in [9.17, 15) is 0 Å². The van der Waals surface area contributed by atoms with Crippen LogP contribution in [-0.2, 0) is 13.6 Å². The van der Waals surface area contributed by atoms with Gasteiger partial charge in [-0.1, -0.05) is 6.07 Å². The molecule has 0 radical (unpaired) electrons. The molecule has 7 heteroatoms. The van der Waals surface area contributed by atoms with Crippen LogP contribution in [0.4, 0.5) is 5.82 Å². The Morgan fingerprint density at radius 2 is 1.78 bits per heavy atom. The van der Waals surface area contributed by atoms with E-state index < -0.39 is 0 Å². The average Bonchev–Trinajstić information content (AvgIpc) is 3.43. The minimum absolute atomic E-state index is 0.655. The van der Waals surface area contributed by atoms with Gasteiger partial charge in [0.2, 0.25) is 0 Å². The number of fused-ring (bicyclic) bond motifs is 2. The van der Waals surface area contributed by atoms with Crippen LogP contribution in [0.25, 0.3) is 32.2 Å². The molecule has 6 nitrogen and oxygen atoms in total. The number of benzene rings is 2. The number of methoxy groups -OCH3 is 2. The number of hydrogen-bond donors (Lipinski definition) is 1. The minimum Gasteiger partial charge on any atom is -0.493 e. The van der Waals surface area contributed by atoms with E-state index >= 15 is 0 Å². The van der Waals surface area contributed by atoms with Gasteiger partial charge in [0.05, 0.1) is 26.3 Å². The van der Waals surface area contributed by atoms with E-state index in [0.717, 1.165) is 16.7 Å². The molecule has 162 valence electrons. The van der Waals surface area contributed by atoms with Gasteiger partial charge in [0, 0.05) is 45.4 Å². The van der Waals surface area contributed by atoms with E-state index in [4.69, 9.17) is 9.47 Å². The quantitative estimate of drug-likeness (QED) is 0.359. The van der Waals surface area contributed by atoms with Gasteiger partial charge in [-0.2, -0.15) is 0 Å². The van der Waals surface area contributed by atoms with Crippen LogP contribution in [0.1, 0.15) is 10.7 Å². The van der Waals surface area contributed by atoms with Crippen LogP contribution in [0.15, 0.2) is 54.7 Å². The summed E-state index contributed by atoms with van der Waals surface area (Å²) in [4.78, 5) is 11.7. The lowest BCUT2D eigenvalue weighted by molar-refractivity contribution is 0.356. The van der Waals surface area contributed by atoms with Gasteiger partial charge in [-0.3, -0.25) is 0 Å². The summed E-state index contributed by atoms with van der Waals surface area (Å²) in [5.74, 6) is 2.80. The third-order valence-electron chi connectivity index (χ3n) is 5.57. The molecule has 0 amide bonds. The van der Waals surface area contributed by atoms with Crippen molar-refractivity contribution in [2.24, 2.45) is 7.05 Å². The van der Waals surface area contributed by atoms with Crippen molar-refractivity contribution < 1.29 is 9.47 Å². The maximum atomic E-state index is 5.47. The normalized spacial score (nSPS) is 11.2. The van der Waals surface area contributed by atoms with Crippen molar-refractivity contribution in [3.8, 4) is 21.9 Å². The maximum Gasteiger partial charge on any atom is 0.162 e. The molecule has 3 aromatic heterocycles. The largest absolute Gasteiger partial charge is 0.493 e. The Balaban J connectivity index is 1.41. The summed E-state index contributed by atoms with van der Waals surface area (Å²) in [5.41, 5.74) is 3.30. The van der Waals surface area contributed by atoms with Gasteiger partial charge in [0.1, 0.15) is 11.6 Å². The first-order valence-corrected chi connectivity index (χ1v) is 11.2. The molecule has 0 unspecified atom stereocenters. The highest BCUT2D eigenvalue weighted by atomic mass is 32.1. The second kappa shape index (κ2) is 8.16. The predicted octanol–water partition coefficient (Wildman–Crippen LogP) is 5.79. The Hall–Kier alpha value is -3.58. The highest BCUT2D eigenvalue weighted by molar-refractivity contribution is 7.15. The van der Waals surface area contributed by atoms with Crippen molar-refractivity contribution in [1.29, 1.82) is 0 Å². The van der Waals surface area contributed by atoms with Gasteiger partial charge in [-0.05, 0) is 48.9 Å². The van der Waals surface area contributed by atoms with Crippen LogP contribution in [0.2, 0.25) is 0 Å². The molecule has 32 heavy (non-hydrogen) atoms. The van der Waals surface area contributed by atoms with Crippen LogP contribution in [-0.4, -0.2) is 28.8 Å². The Kier molecular flexibility index (Phi) is 5.19. The molecule has 0 saturated heterocycles. The molecule has 3 heterocycles. The molecule has 0 aliphatic carbocycles. The lowest BCUT2D eigenvalue weighted by Crippen LogP contribution is -2.04. The average molecular weight is 445 g/mol. The Bertz CT molecular complexity index is 1440. The molecular formula is C25H24N4O2S. The van der Waals surface area contributed by atoms with Gasteiger partial charge >= 0.3 is 0 Å². The summed E-state index contributed by atoms with van der Waals surface area (Å²) in [5, 5.41) is 5.65. The monoisotopic (exact) mass is 444 g/mol. The molecule has 0 aliphatic heterocycles. The third-order valence-corrected chi connectivity index (χ3v) is 6.71. The summed E-state index contributed by atoms with van der Waals surface area (Å²) in [6.07, 6.45) is 2.09. The van der Waals surface area contributed by atoms with Gasteiger partial charge < -0.3 is 19.4 Å². The molecule has 5 aromatic rings. The number of hydrogen-bond acceptors (Lipinski definition) is 6. The lowest BCUT2D eigenvalue weighted by atomic mass is 10.1. The van der Waals surface area contributed by atoms with Crippen molar-refractivity contribution in [3.63, 3.8) is 0 Å². The van der Waals surface area contributed by atoms with E-state index in [1.54, 1.807) is 25.6 Å². The highest BCUT2D eigenvalue weighted by Crippen LogP contribution is 2.35. The van der Waals surface area contributed by atoms with Gasteiger partial charge in [0.15, 0.2) is 11.5 Å². The zero-order chi connectivity index (χ0) is 22.2. The number of thiophene rings is 1. The molecule has 0 saturated carbocycles. The summed E-state index contributed by atoms with van der Waals surface area (Å²) in [6, 6.07) is 16.9. The summed E-state index contributed by atoms with van der Waals surface area (Å²) in [6.45, 7) is 2.57. The first-order chi connectivity index (χ1) is 15.6. The maximum absolute atomic E-state index is 5.47. The van der Waals surface area contributed by atoms with E-state index in [1.807, 2.05) is 19.1 Å². The fraction of sp³-hybridized carbons (Fsp3) is 0.200. The Morgan fingerprint density at radius 1 is 0.969 bits per heavy atom. The molecule has 5 rings (SSSR count). The van der Waals surface area contributed by atoms with Crippen LogP contribution in [0.5, 0.6) is 11.5 Å². The topological polar surface area (TPSA) is 61.2 Å². The predicted molar refractivity (Wildman–Crippen MR) is 131 cm³/mol. The van der Waals surface area contributed by atoms with Gasteiger partial charge in [-0.15, -0.1) is 11.3 Å². The van der Waals surface area contributed by atoms with E-state index in [1.165, 1.54) is 26.2 Å².